The molecule has 4 amide bonds. The summed E-state index contributed by atoms with van der Waals surface area (Å²) >= 11 is 0. The van der Waals surface area contributed by atoms with Gasteiger partial charge in [-0.3, -0.25) is 28.9 Å². The zero-order valence-electron chi connectivity index (χ0n) is 64.4. The number of halogens is 2. The van der Waals surface area contributed by atoms with E-state index < -0.39 is 5.82 Å². The lowest BCUT2D eigenvalue weighted by Gasteiger charge is -2.32. The summed E-state index contributed by atoms with van der Waals surface area (Å²) in [6, 6.07) is 37.9. The van der Waals surface area contributed by atoms with Gasteiger partial charge in [0.25, 0.3) is 23.6 Å². The molecule has 0 unspecified atom stereocenters. The van der Waals surface area contributed by atoms with E-state index in [-0.39, 0.29) is 67.7 Å². The monoisotopic (exact) mass is 1510 g/mol. The largest absolute Gasteiger partial charge is 0.381 e. The minimum Gasteiger partial charge on any atom is -0.381 e. The number of amides is 4. The maximum absolute atomic E-state index is 15.1. The second kappa shape index (κ2) is 38.8. The topological polar surface area (TPSA) is 259 Å². The number of aldehydes is 1. The SMILES string of the molecule is CCc1nc2c(cnn2CC)c(NC2CCOCC2)c1CNC(=O)c1cccc(C(=O)NCc2ccc(F)c(-c3cccc(C=O)c3)c2)c1.CCc1nc2c(cnn2CC)c(NC2CCOCC2)c1CNC(=O)c1cccc(C(=O)NCc2ccc(F)c(-c3cccc(CN4CCN(C)CC4)c3)c2)c1.CN1CCNCC1. The Labute approximate surface area is 647 Å². The molecular weight excluding hydrogens is 1410 g/mol. The molecule has 0 radical (unpaired) electrons. The molecular formula is C86H102F2N16O7. The molecule has 4 aliphatic rings. The van der Waals surface area contributed by atoms with E-state index >= 15 is 4.39 Å². The van der Waals surface area contributed by atoms with Gasteiger partial charge in [-0.05, 0) is 167 Å². The highest BCUT2D eigenvalue weighted by Crippen LogP contribution is 2.35. The minimum absolute atomic E-state index is 0.142. The number of hydrogen-bond donors (Lipinski definition) is 7. The first-order valence-corrected chi connectivity index (χ1v) is 38.8. The number of aromatic nitrogens is 6. The van der Waals surface area contributed by atoms with Gasteiger partial charge in [0.15, 0.2) is 11.3 Å². The van der Waals surface area contributed by atoms with Crippen molar-refractivity contribution in [2.45, 2.75) is 124 Å². The van der Waals surface area contributed by atoms with Crippen molar-refractivity contribution in [3.63, 3.8) is 0 Å². The number of hydrogen-bond acceptors (Lipinski definition) is 17. The van der Waals surface area contributed by atoms with Crippen LogP contribution in [-0.2, 0) is 68.1 Å². The Balaban J connectivity index is 0.000000190. The van der Waals surface area contributed by atoms with Gasteiger partial charge in [-0.1, -0.05) is 74.5 Å². The van der Waals surface area contributed by atoms with Crippen LogP contribution in [0.15, 0.2) is 146 Å². The van der Waals surface area contributed by atoms with E-state index in [4.69, 9.17) is 19.4 Å². The van der Waals surface area contributed by atoms with Gasteiger partial charge in [0.1, 0.15) is 17.9 Å². The number of nitrogens with one attached hydrogen (secondary N) is 7. The average molecular weight is 1510 g/mol. The standard InChI is InChI=1S/C43H51FN8O3.C38H39FN6O4.C5H12N2/c1-4-39-36(40(48-34-14-20-55-21-15-34)37-27-47-52(5-2)41(37)49-39)26-46-43(54)33-11-7-10-32(24-33)42(53)45-25-29-12-13-38(44)35(23-29)31-9-6-8-30(22-31)28-51-18-16-50(3)17-19-51;1-3-34-31(35(43-29-13-15-49-16-14-29)32-22-42-45(4-2)36(32)44-34)21-41-38(48)28-10-6-9-27(19-28)37(47)40-20-24-11-12-33(39)30(18-24)26-8-5-7-25(17-26)23-46;1-7-4-2-6-3-5-7/h6-13,22-24,27,34H,4-5,14-21,25-26,28H2,1-3H3,(H,45,53)(H,46,54)(H,48,49);5-12,17-19,22-23,29H,3-4,13-16,20-21H2,1-2H3,(H,40,47)(H,41,48)(H,43,44);6H,2-5H2,1H3. The third-order valence-corrected chi connectivity index (χ3v) is 20.9. The molecule has 4 aromatic heterocycles. The number of fused-ring (bicyclic) bond motifs is 2. The smallest absolute Gasteiger partial charge is 0.251 e. The van der Waals surface area contributed by atoms with E-state index in [0.717, 1.165) is 144 Å². The van der Waals surface area contributed by atoms with Gasteiger partial charge in [0.05, 0.1) is 34.5 Å². The summed E-state index contributed by atoms with van der Waals surface area (Å²) in [7, 11) is 4.29. The predicted molar refractivity (Wildman–Crippen MR) is 430 cm³/mol. The first-order valence-electron chi connectivity index (χ1n) is 38.8. The van der Waals surface area contributed by atoms with Gasteiger partial charge in [0, 0.05) is 198 Å². The number of anilines is 2. The van der Waals surface area contributed by atoms with Crippen LogP contribution < -0.4 is 37.2 Å². The number of likely N-dealkylation sites (N-methyl/N-ethyl adjacent to an activating group) is 2. The summed E-state index contributed by atoms with van der Waals surface area (Å²) in [5.41, 5.74) is 13.8. The summed E-state index contributed by atoms with van der Waals surface area (Å²) in [5, 5.41) is 33.7. The van der Waals surface area contributed by atoms with E-state index in [9.17, 15) is 28.4 Å². The third kappa shape index (κ3) is 20.7. The van der Waals surface area contributed by atoms with Crippen molar-refractivity contribution in [1.29, 1.82) is 0 Å². The van der Waals surface area contributed by atoms with Gasteiger partial charge in [0.2, 0.25) is 0 Å². The van der Waals surface area contributed by atoms with E-state index in [1.807, 2.05) is 54.7 Å². The van der Waals surface area contributed by atoms with E-state index in [0.29, 0.717) is 109 Å². The van der Waals surface area contributed by atoms with E-state index in [2.05, 4.69) is 95.3 Å². The first-order chi connectivity index (χ1) is 54.1. The van der Waals surface area contributed by atoms with Crippen LogP contribution in [0.5, 0.6) is 0 Å². The minimum atomic E-state index is -0.430. The van der Waals surface area contributed by atoms with Crippen LogP contribution in [0.1, 0.15) is 144 Å². The fourth-order valence-electron chi connectivity index (χ4n) is 14.4. The number of benzene rings is 6. The van der Waals surface area contributed by atoms with Crippen molar-refractivity contribution in [2.24, 2.45) is 0 Å². The maximum Gasteiger partial charge on any atom is 0.251 e. The van der Waals surface area contributed by atoms with Crippen molar-refractivity contribution in [1.82, 2.24) is 70.8 Å². The number of aryl methyl sites for hydroxylation is 4. The highest BCUT2D eigenvalue weighted by Gasteiger charge is 2.26. The Morgan fingerprint density at radius 3 is 1.34 bits per heavy atom. The third-order valence-electron chi connectivity index (χ3n) is 20.9. The summed E-state index contributed by atoms with van der Waals surface area (Å²) in [6.07, 6.45) is 9.30. The molecule has 582 valence electrons. The molecule has 0 saturated carbocycles. The molecule has 14 rings (SSSR count). The second-order valence-electron chi connectivity index (χ2n) is 28.6. The zero-order chi connectivity index (χ0) is 77.8. The molecule has 4 saturated heterocycles. The molecule has 0 atom stereocenters. The van der Waals surface area contributed by atoms with Crippen molar-refractivity contribution in [3.05, 3.63) is 225 Å². The molecule has 8 heterocycles. The van der Waals surface area contributed by atoms with Gasteiger partial charge < -0.3 is 56.5 Å². The van der Waals surface area contributed by atoms with E-state index in [1.165, 1.54) is 25.2 Å². The molecule has 7 N–H and O–H groups in total. The summed E-state index contributed by atoms with van der Waals surface area (Å²) in [6.45, 7) is 22.9. The number of carbonyl (C=O) groups is 5. The van der Waals surface area contributed by atoms with Gasteiger partial charge >= 0.3 is 0 Å². The number of nitrogens with zero attached hydrogens (tertiary/aromatic N) is 9. The lowest BCUT2D eigenvalue weighted by atomic mass is 10.00. The average Bonchev–Trinajstić information content (AvgIpc) is 1.68. The van der Waals surface area contributed by atoms with Crippen LogP contribution in [0.4, 0.5) is 20.2 Å². The molecule has 6 aromatic carbocycles. The number of carbonyl (C=O) groups excluding carboxylic acids is 5. The Morgan fingerprint density at radius 1 is 0.495 bits per heavy atom. The molecule has 23 nitrogen and oxygen atoms in total. The fourth-order valence-corrected chi connectivity index (χ4v) is 14.4. The molecule has 0 aliphatic carbocycles. The summed E-state index contributed by atoms with van der Waals surface area (Å²) in [4.78, 5) is 81.8. The lowest BCUT2D eigenvalue weighted by Crippen LogP contribution is -2.43. The van der Waals surface area contributed by atoms with Crippen LogP contribution in [0.3, 0.4) is 0 Å². The number of ether oxygens (including phenoxy) is 2. The molecule has 111 heavy (non-hydrogen) atoms. The normalized spacial score (nSPS) is 15.2. The zero-order valence-corrected chi connectivity index (χ0v) is 64.4. The molecule has 4 fully saturated rings. The van der Waals surface area contributed by atoms with E-state index in [1.54, 1.807) is 97.1 Å². The predicted octanol–water partition coefficient (Wildman–Crippen LogP) is 11.6. The van der Waals surface area contributed by atoms with Gasteiger partial charge in [-0.25, -0.2) is 28.1 Å². The summed E-state index contributed by atoms with van der Waals surface area (Å²) < 4.78 is 44.8. The molecule has 0 bridgehead atoms. The first kappa shape index (κ1) is 79.9. The maximum atomic E-state index is 15.1. The highest BCUT2D eigenvalue weighted by atomic mass is 19.1. The van der Waals surface area contributed by atoms with Crippen LogP contribution in [-0.4, -0.2) is 179 Å². The fraction of sp³-hybridized carbons (Fsp3) is 0.384. The second-order valence-corrected chi connectivity index (χ2v) is 28.6. The van der Waals surface area contributed by atoms with Crippen molar-refractivity contribution < 1.29 is 42.2 Å². The van der Waals surface area contributed by atoms with Crippen molar-refractivity contribution in [3.8, 4) is 22.3 Å². The number of pyridine rings is 2. The van der Waals surface area contributed by atoms with Crippen molar-refractivity contribution >= 4 is 63.4 Å². The molecule has 0 spiro atoms. The molecule has 4 aliphatic heterocycles. The molecule has 25 heteroatoms. The highest BCUT2D eigenvalue weighted by molar-refractivity contribution is 6.01. The van der Waals surface area contributed by atoms with Crippen molar-refractivity contribution in [2.75, 3.05) is 104 Å². The number of piperazine rings is 2. The van der Waals surface area contributed by atoms with Crippen LogP contribution in [0.25, 0.3) is 44.3 Å². The Kier molecular flexibility index (Phi) is 27.9. The molecule has 10 aromatic rings. The summed E-state index contributed by atoms with van der Waals surface area (Å²) in [5.74, 6) is -2.05. The van der Waals surface area contributed by atoms with Gasteiger partial charge in [-0.2, -0.15) is 10.2 Å². The van der Waals surface area contributed by atoms with Gasteiger partial charge in [-0.15, -0.1) is 0 Å². The van der Waals surface area contributed by atoms with Crippen LogP contribution >= 0.6 is 0 Å². The van der Waals surface area contributed by atoms with Crippen LogP contribution in [0.2, 0.25) is 0 Å². The van der Waals surface area contributed by atoms with Crippen LogP contribution in [0, 0.1) is 11.6 Å². The Hall–Kier alpha value is -10.7. The quantitative estimate of drug-likeness (QED) is 0.0262. The Morgan fingerprint density at radius 2 is 0.919 bits per heavy atom. The Bertz CT molecular complexity index is 4890. The number of rotatable bonds is 25. The lowest BCUT2D eigenvalue weighted by molar-refractivity contribution is 0.0903.